The van der Waals surface area contributed by atoms with Crippen molar-refractivity contribution in [2.45, 2.75) is 12.5 Å². The quantitative estimate of drug-likeness (QED) is 0.816. The zero-order valence-corrected chi connectivity index (χ0v) is 14.9. The van der Waals surface area contributed by atoms with Gasteiger partial charge in [0.15, 0.2) is 0 Å². The van der Waals surface area contributed by atoms with Gasteiger partial charge in [-0.1, -0.05) is 24.3 Å². The summed E-state index contributed by atoms with van der Waals surface area (Å²) in [6, 6.07) is 15.1. The predicted octanol–water partition coefficient (Wildman–Crippen LogP) is 1.98. The third kappa shape index (κ3) is 4.44. The molecule has 2 amide bonds. The van der Waals surface area contributed by atoms with E-state index in [1.54, 1.807) is 24.3 Å². The fraction of sp³-hybridized carbons (Fsp3) is 0.250. The highest BCUT2D eigenvalue weighted by Crippen LogP contribution is 2.23. The van der Waals surface area contributed by atoms with E-state index in [1.165, 1.54) is 12.0 Å². The summed E-state index contributed by atoms with van der Waals surface area (Å²) < 4.78 is 10.4. The molecule has 2 aromatic rings. The van der Waals surface area contributed by atoms with Gasteiger partial charge in [0.25, 0.3) is 5.91 Å². The van der Waals surface area contributed by atoms with Gasteiger partial charge in [-0.05, 0) is 30.3 Å². The van der Waals surface area contributed by atoms with Crippen LogP contribution in [0.25, 0.3) is 0 Å². The number of esters is 1. The minimum atomic E-state index is -0.891. The Labute approximate surface area is 156 Å². The minimum Gasteiger partial charge on any atom is -0.469 e. The highest BCUT2D eigenvalue weighted by Gasteiger charge is 2.35. The van der Waals surface area contributed by atoms with Crippen LogP contribution >= 0.6 is 0 Å². The van der Waals surface area contributed by atoms with Crippen molar-refractivity contribution in [3.05, 3.63) is 60.2 Å². The maximum Gasteiger partial charge on any atom is 0.308 e. The molecule has 3 rings (SSSR count). The number of carbonyl (C=O) groups is 3. The smallest absolute Gasteiger partial charge is 0.308 e. The summed E-state index contributed by atoms with van der Waals surface area (Å²) in [6.45, 7) is 0.651. The van der Waals surface area contributed by atoms with Crippen LogP contribution in [0.2, 0.25) is 0 Å². The second-order valence-corrected chi connectivity index (χ2v) is 6.03. The number of nitrogens with one attached hydrogen (secondary N) is 1. The first-order chi connectivity index (χ1) is 13.1. The van der Waals surface area contributed by atoms with Crippen LogP contribution in [0.4, 0.5) is 0 Å². The van der Waals surface area contributed by atoms with Gasteiger partial charge in [0.05, 0.1) is 13.5 Å². The fourth-order valence-electron chi connectivity index (χ4n) is 2.88. The maximum atomic E-state index is 13.0. The SMILES string of the molecule is COC(=O)C[C@H]1C(=O)NCCN1C(=O)c1cccc(Oc2ccccc2)c1. The second-order valence-electron chi connectivity index (χ2n) is 6.03. The summed E-state index contributed by atoms with van der Waals surface area (Å²) in [4.78, 5) is 38.2. The first-order valence-corrected chi connectivity index (χ1v) is 8.57. The molecule has 7 nitrogen and oxygen atoms in total. The van der Waals surface area contributed by atoms with Crippen molar-refractivity contribution in [2.75, 3.05) is 20.2 Å². The molecule has 0 saturated carbocycles. The minimum absolute atomic E-state index is 0.186. The van der Waals surface area contributed by atoms with E-state index in [9.17, 15) is 14.4 Å². The van der Waals surface area contributed by atoms with Gasteiger partial charge in [-0.2, -0.15) is 0 Å². The van der Waals surface area contributed by atoms with Crippen LogP contribution in [0.1, 0.15) is 16.8 Å². The van der Waals surface area contributed by atoms with Crippen molar-refractivity contribution in [2.24, 2.45) is 0 Å². The Balaban J connectivity index is 1.80. The molecule has 0 aliphatic carbocycles. The normalized spacial score (nSPS) is 16.4. The Morgan fingerprint density at radius 3 is 2.59 bits per heavy atom. The molecule has 7 heteroatoms. The number of methoxy groups -OCH3 is 1. The van der Waals surface area contributed by atoms with E-state index >= 15 is 0 Å². The molecule has 2 aromatic carbocycles. The summed E-state index contributed by atoms with van der Waals surface area (Å²) in [5, 5.41) is 2.68. The lowest BCUT2D eigenvalue weighted by Gasteiger charge is -2.34. The summed E-state index contributed by atoms with van der Waals surface area (Å²) in [7, 11) is 1.25. The number of piperazine rings is 1. The van der Waals surface area contributed by atoms with E-state index in [0.29, 0.717) is 30.2 Å². The van der Waals surface area contributed by atoms with E-state index < -0.39 is 12.0 Å². The number of hydrogen-bond donors (Lipinski definition) is 1. The van der Waals surface area contributed by atoms with Crippen LogP contribution in [0.3, 0.4) is 0 Å². The standard InChI is InChI=1S/C20H20N2O5/c1-26-18(23)13-17-19(24)21-10-11-22(17)20(25)14-6-5-9-16(12-14)27-15-7-3-2-4-8-15/h2-9,12,17H,10-11,13H2,1H3,(H,21,24)/t17-/m0/s1. The Bertz CT molecular complexity index is 837. The largest absolute Gasteiger partial charge is 0.469 e. The summed E-state index contributed by atoms with van der Waals surface area (Å²) in [5.41, 5.74) is 0.382. The molecule has 0 aromatic heterocycles. The van der Waals surface area contributed by atoms with Gasteiger partial charge in [-0.3, -0.25) is 14.4 Å². The van der Waals surface area contributed by atoms with Gasteiger partial charge in [0.2, 0.25) is 5.91 Å². The number of hydrogen-bond acceptors (Lipinski definition) is 5. The highest BCUT2D eigenvalue weighted by molar-refractivity contribution is 5.99. The second kappa shape index (κ2) is 8.35. The molecule has 27 heavy (non-hydrogen) atoms. The van der Waals surface area contributed by atoms with Crippen LogP contribution in [0, 0.1) is 0 Å². The molecule has 1 heterocycles. The molecular weight excluding hydrogens is 348 g/mol. The lowest BCUT2D eigenvalue weighted by Crippen LogP contribution is -2.57. The number of carbonyl (C=O) groups excluding carboxylic acids is 3. The molecule has 1 saturated heterocycles. The average Bonchev–Trinajstić information content (AvgIpc) is 2.70. The number of rotatable bonds is 5. The van der Waals surface area contributed by atoms with E-state index in [-0.39, 0.29) is 18.2 Å². The van der Waals surface area contributed by atoms with Gasteiger partial charge >= 0.3 is 5.97 Å². The molecule has 140 valence electrons. The number of ether oxygens (including phenoxy) is 2. The van der Waals surface area contributed by atoms with Crippen molar-refractivity contribution in [1.29, 1.82) is 0 Å². The van der Waals surface area contributed by atoms with Crippen molar-refractivity contribution in [3.63, 3.8) is 0 Å². The third-order valence-electron chi connectivity index (χ3n) is 4.24. The van der Waals surface area contributed by atoms with Crippen molar-refractivity contribution in [1.82, 2.24) is 10.2 Å². The Kier molecular flexibility index (Phi) is 5.71. The first kappa shape index (κ1) is 18.4. The average molecular weight is 368 g/mol. The van der Waals surface area contributed by atoms with Gasteiger partial charge in [-0.15, -0.1) is 0 Å². The Hall–Kier alpha value is -3.35. The van der Waals surface area contributed by atoms with Gasteiger partial charge in [0.1, 0.15) is 17.5 Å². The van der Waals surface area contributed by atoms with E-state index in [1.807, 2.05) is 30.3 Å². The third-order valence-corrected chi connectivity index (χ3v) is 4.24. The number of nitrogens with zero attached hydrogens (tertiary/aromatic N) is 1. The predicted molar refractivity (Wildman–Crippen MR) is 97.4 cm³/mol. The van der Waals surface area contributed by atoms with E-state index in [2.05, 4.69) is 10.1 Å². The number of amides is 2. The number of benzene rings is 2. The van der Waals surface area contributed by atoms with E-state index in [0.717, 1.165) is 0 Å². The number of para-hydroxylation sites is 1. The zero-order chi connectivity index (χ0) is 19.2. The fourth-order valence-corrected chi connectivity index (χ4v) is 2.88. The van der Waals surface area contributed by atoms with Crippen molar-refractivity contribution < 1.29 is 23.9 Å². The summed E-state index contributed by atoms with van der Waals surface area (Å²) in [5.74, 6) is -0.0778. The molecule has 1 N–H and O–H groups in total. The van der Waals surface area contributed by atoms with Gasteiger partial charge < -0.3 is 19.7 Å². The maximum absolute atomic E-state index is 13.0. The van der Waals surface area contributed by atoms with Gasteiger partial charge in [0, 0.05) is 18.7 Å². The van der Waals surface area contributed by atoms with Crippen LogP contribution in [0.15, 0.2) is 54.6 Å². The molecular formula is C20H20N2O5. The lowest BCUT2D eigenvalue weighted by molar-refractivity contribution is -0.145. The molecule has 0 radical (unpaired) electrons. The van der Waals surface area contributed by atoms with Gasteiger partial charge in [-0.25, -0.2) is 0 Å². The molecule has 1 atom stereocenters. The van der Waals surface area contributed by atoms with Crippen molar-refractivity contribution >= 4 is 17.8 Å². The van der Waals surface area contributed by atoms with Crippen LogP contribution in [-0.4, -0.2) is 48.9 Å². The lowest BCUT2D eigenvalue weighted by atomic mass is 10.1. The molecule has 1 fully saturated rings. The Morgan fingerprint density at radius 1 is 1.11 bits per heavy atom. The molecule has 1 aliphatic rings. The molecule has 0 spiro atoms. The molecule has 0 unspecified atom stereocenters. The van der Waals surface area contributed by atoms with E-state index in [4.69, 9.17) is 4.74 Å². The first-order valence-electron chi connectivity index (χ1n) is 8.57. The Morgan fingerprint density at radius 2 is 1.85 bits per heavy atom. The summed E-state index contributed by atoms with van der Waals surface area (Å²) in [6.07, 6.45) is -0.186. The highest BCUT2D eigenvalue weighted by atomic mass is 16.5. The monoisotopic (exact) mass is 368 g/mol. The molecule has 1 aliphatic heterocycles. The van der Waals surface area contributed by atoms with Crippen molar-refractivity contribution in [3.8, 4) is 11.5 Å². The van der Waals surface area contributed by atoms with Crippen LogP contribution in [0.5, 0.6) is 11.5 Å². The summed E-state index contributed by atoms with van der Waals surface area (Å²) >= 11 is 0. The topological polar surface area (TPSA) is 84.9 Å². The molecule has 0 bridgehead atoms. The van der Waals surface area contributed by atoms with Crippen LogP contribution < -0.4 is 10.1 Å². The van der Waals surface area contributed by atoms with Crippen LogP contribution in [-0.2, 0) is 14.3 Å². The zero-order valence-electron chi connectivity index (χ0n) is 14.9.